The van der Waals surface area contributed by atoms with E-state index in [9.17, 15) is 4.79 Å². The van der Waals surface area contributed by atoms with Crippen LogP contribution >= 0.6 is 0 Å². The van der Waals surface area contributed by atoms with Crippen molar-refractivity contribution in [2.24, 2.45) is 0 Å². The number of hydrogen-bond donors (Lipinski definition) is 1. The van der Waals surface area contributed by atoms with Crippen LogP contribution in [0.1, 0.15) is 33.6 Å². The van der Waals surface area contributed by atoms with Crippen LogP contribution in [0.3, 0.4) is 0 Å². The molecule has 0 heterocycles. The van der Waals surface area contributed by atoms with Crippen molar-refractivity contribution in [2.45, 2.75) is 39.2 Å². The summed E-state index contributed by atoms with van der Waals surface area (Å²) in [6, 6.07) is 0. The Morgan fingerprint density at radius 3 is 2.19 bits per heavy atom. The van der Waals surface area contributed by atoms with Crippen molar-refractivity contribution in [1.29, 1.82) is 0 Å². The van der Waals surface area contributed by atoms with Crippen LogP contribution in [0, 0.1) is 0 Å². The number of hydrogen-bond acceptors (Lipinski definition) is 4. The molecule has 4 nitrogen and oxygen atoms in total. The smallest absolute Gasteiger partial charge is 0.326 e. The van der Waals surface area contributed by atoms with Gasteiger partial charge in [0.25, 0.3) is 0 Å². The number of likely N-dealkylation sites (N-methyl/N-ethyl adjacent to an activating group) is 1. The van der Waals surface area contributed by atoms with Crippen LogP contribution in [0.5, 0.6) is 0 Å². The van der Waals surface area contributed by atoms with Crippen LogP contribution in [0.15, 0.2) is 0 Å². The summed E-state index contributed by atoms with van der Waals surface area (Å²) >= 11 is 0. The summed E-state index contributed by atoms with van der Waals surface area (Å²) in [5.41, 5.74) is -0.508. The van der Waals surface area contributed by atoms with Crippen LogP contribution in [-0.4, -0.2) is 50.2 Å². The van der Waals surface area contributed by atoms with Crippen molar-refractivity contribution in [2.75, 3.05) is 33.8 Å². The Kier molecular flexibility index (Phi) is 7.34. The van der Waals surface area contributed by atoms with E-state index in [4.69, 9.17) is 4.74 Å². The molecule has 1 N–H and O–H groups in total. The van der Waals surface area contributed by atoms with Crippen LogP contribution in [0.4, 0.5) is 0 Å². The molecule has 96 valence electrons. The van der Waals surface area contributed by atoms with Gasteiger partial charge in [0.1, 0.15) is 5.54 Å². The Hall–Kier alpha value is -0.610. The highest BCUT2D eigenvalue weighted by molar-refractivity contribution is 5.80. The number of ether oxygens (including phenoxy) is 1. The third kappa shape index (κ3) is 4.49. The summed E-state index contributed by atoms with van der Waals surface area (Å²) in [5.74, 6) is -0.126. The maximum atomic E-state index is 11.9. The molecule has 0 aromatic carbocycles. The first-order chi connectivity index (χ1) is 7.52. The van der Waals surface area contributed by atoms with Gasteiger partial charge in [0, 0.05) is 13.1 Å². The predicted octanol–water partition coefficient (Wildman–Crippen LogP) is 1.26. The lowest BCUT2D eigenvalue weighted by molar-refractivity contribution is -0.151. The number of carbonyl (C=O) groups excluding carboxylic acids is 1. The van der Waals surface area contributed by atoms with E-state index in [1.165, 1.54) is 0 Å². The lowest BCUT2D eigenvalue weighted by atomic mass is 9.93. The molecule has 0 radical (unpaired) electrons. The summed E-state index contributed by atoms with van der Waals surface area (Å²) in [6.45, 7) is 8.03. The minimum Gasteiger partial charge on any atom is -0.465 e. The molecule has 0 aliphatic heterocycles. The van der Waals surface area contributed by atoms with Crippen LogP contribution in [0.2, 0.25) is 0 Å². The lowest BCUT2D eigenvalue weighted by Gasteiger charge is -2.30. The first kappa shape index (κ1) is 15.4. The SMILES string of the molecule is CCOC(=O)C(CC)(CC)NCCN(C)C. The molecule has 0 saturated heterocycles. The molecule has 0 fully saturated rings. The monoisotopic (exact) mass is 230 g/mol. The van der Waals surface area contributed by atoms with Crippen LogP contribution < -0.4 is 5.32 Å². The van der Waals surface area contributed by atoms with E-state index in [1.807, 2.05) is 34.9 Å². The van der Waals surface area contributed by atoms with Gasteiger partial charge in [-0.3, -0.25) is 4.79 Å². The molecule has 0 aromatic rings. The minimum atomic E-state index is -0.508. The molecule has 0 aliphatic rings. The predicted molar refractivity (Wildman–Crippen MR) is 66.5 cm³/mol. The topological polar surface area (TPSA) is 41.6 Å². The standard InChI is InChI=1S/C12H26N2O2/c1-6-12(7-2,11(15)16-8-3)13-9-10-14(4)5/h13H,6-10H2,1-5H3. The highest BCUT2D eigenvalue weighted by Gasteiger charge is 2.35. The van der Waals surface area contributed by atoms with Crippen molar-refractivity contribution in [1.82, 2.24) is 10.2 Å². The van der Waals surface area contributed by atoms with E-state index in [-0.39, 0.29) is 5.97 Å². The first-order valence-electron chi connectivity index (χ1n) is 6.09. The fourth-order valence-electron chi connectivity index (χ4n) is 1.65. The van der Waals surface area contributed by atoms with Crippen LogP contribution in [0.25, 0.3) is 0 Å². The molecule has 0 aromatic heterocycles. The maximum Gasteiger partial charge on any atom is 0.326 e. The number of nitrogens with zero attached hydrogens (tertiary/aromatic N) is 1. The van der Waals surface area contributed by atoms with Crippen molar-refractivity contribution in [3.05, 3.63) is 0 Å². The van der Waals surface area contributed by atoms with E-state index in [2.05, 4.69) is 10.2 Å². The molecule has 4 heteroatoms. The molecule has 0 unspecified atom stereocenters. The summed E-state index contributed by atoms with van der Waals surface area (Å²) in [4.78, 5) is 14.0. The molecular weight excluding hydrogens is 204 g/mol. The zero-order chi connectivity index (χ0) is 12.6. The summed E-state index contributed by atoms with van der Waals surface area (Å²) in [5, 5.41) is 3.33. The third-order valence-electron chi connectivity index (χ3n) is 2.90. The van der Waals surface area contributed by atoms with Crippen molar-refractivity contribution in [3.8, 4) is 0 Å². The van der Waals surface area contributed by atoms with Crippen molar-refractivity contribution >= 4 is 5.97 Å². The summed E-state index contributed by atoms with van der Waals surface area (Å²) < 4.78 is 5.13. The molecule has 0 saturated carbocycles. The molecular formula is C12H26N2O2. The summed E-state index contributed by atoms with van der Waals surface area (Å²) in [7, 11) is 4.04. The molecule has 0 rings (SSSR count). The second-order valence-electron chi connectivity index (χ2n) is 4.24. The number of carbonyl (C=O) groups is 1. The second-order valence-corrected chi connectivity index (χ2v) is 4.24. The van der Waals surface area contributed by atoms with Gasteiger partial charge < -0.3 is 15.0 Å². The Morgan fingerprint density at radius 2 is 1.81 bits per heavy atom. The molecule has 0 atom stereocenters. The Morgan fingerprint density at radius 1 is 1.25 bits per heavy atom. The second kappa shape index (κ2) is 7.63. The van der Waals surface area contributed by atoms with Gasteiger partial charge in [-0.15, -0.1) is 0 Å². The maximum absolute atomic E-state index is 11.9. The fourth-order valence-corrected chi connectivity index (χ4v) is 1.65. The highest BCUT2D eigenvalue weighted by atomic mass is 16.5. The Balaban J connectivity index is 4.37. The van der Waals surface area contributed by atoms with Gasteiger partial charge in [-0.05, 0) is 33.9 Å². The molecule has 0 amide bonds. The van der Waals surface area contributed by atoms with E-state index in [0.29, 0.717) is 6.61 Å². The molecule has 0 bridgehead atoms. The number of esters is 1. The average Bonchev–Trinajstić information content (AvgIpc) is 2.24. The van der Waals surface area contributed by atoms with Crippen molar-refractivity contribution < 1.29 is 9.53 Å². The lowest BCUT2D eigenvalue weighted by Crippen LogP contribution is -2.53. The quantitative estimate of drug-likeness (QED) is 0.637. The Labute approximate surface area is 99.3 Å². The van der Waals surface area contributed by atoms with Crippen LogP contribution in [-0.2, 0) is 9.53 Å². The van der Waals surface area contributed by atoms with Crippen molar-refractivity contribution in [3.63, 3.8) is 0 Å². The van der Waals surface area contributed by atoms with Gasteiger partial charge in [0.2, 0.25) is 0 Å². The minimum absolute atomic E-state index is 0.126. The van der Waals surface area contributed by atoms with E-state index >= 15 is 0 Å². The van der Waals surface area contributed by atoms with E-state index < -0.39 is 5.54 Å². The van der Waals surface area contributed by atoms with Gasteiger partial charge in [-0.2, -0.15) is 0 Å². The van der Waals surface area contributed by atoms with E-state index in [0.717, 1.165) is 25.9 Å². The van der Waals surface area contributed by atoms with Gasteiger partial charge in [0.15, 0.2) is 0 Å². The van der Waals surface area contributed by atoms with Gasteiger partial charge in [0.05, 0.1) is 6.61 Å². The zero-order valence-corrected chi connectivity index (χ0v) is 11.3. The fraction of sp³-hybridized carbons (Fsp3) is 0.917. The number of nitrogens with one attached hydrogen (secondary N) is 1. The first-order valence-corrected chi connectivity index (χ1v) is 6.09. The summed E-state index contributed by atoms with van der Waals surface area (Å²) in [6.07, 6.45) is 1.52. The zero-order valence-electron chi connectivity index (χ0n) is 11.3. The number of rotatable bonds is 8. The average molecular weight is 230 g/mol. The third-order valence-corrected chi connectivity index (χ3v) is 2.90. The van der Waals surface area contributed by atoms with Gasteiger partial charge in [-0.1, -0.05) is 13.8 Å². The van der Waals surface area contributed by atoms with Gasteiger partial charge in [-0.25, -0.2) is 0 Å². The largest absolute Gasteiger partial charge is 0.465 e. The highest BCUT2D eigenvalue weighted by Crippen LogP contribution is 2.17. The Bertz CT molecular complexity index is 201. The van der Waals surface area contributed by atoms with E-state index in [1.54, 1.807) is 0 Å². The molecule has 16 heavy (non-hydrogen) atoms. The normalized spacial score (nSPS) is 11.9. The molecule has 0 spiro atoms. The molecule has 0 aliphatic carbocycles. The van der Waals surface area contributed by atoms with Gasteiger partial charge >= 0.3 is 5.97 Å².